The third kappa shape index (κ3) is 1.41. The van der Waals surface area contributed by atoms with Gasteiger partial charge in [-0.25, -0.2) is 4.98 Å². The van der Waals surface area contributed by atoms with Crippen LogP contribution >= 0.6 is 0 Å². The van der Waals surface area contributed by atoms with Crippen molar-refractivity contribution in [2.24, 2.45) is 0 Å². The van der Waals surface area contributed by atoms with Crippen LogP contribution in [0.15, 0.2) is 18.3 Å². The lowest BCUT2D eigenvalue weighted by Gasteiger charge is -2.30. The van der Waals surface area contributed by atoms with Crippen LogP contribution in [0.2, 0.25) is 0 Å². The molecule has 3 nitrogen and oxygen atoms in total. The Morgan fingerprint density at radius 3 is 3.08 bits per heavy atom. The van der Waals surface area contributed by atoms with Gasteiger partial charge in [0, 0.05) is 6.20 Å². The van der Waals surface area contributed by atoms with Gasteiger partial charge in [0.1, 0.15) is 17.0 Å². The Morgan fingerprint density at radius 1 is 1.54 bits per heavy atom. The van der Waals surface area contributed by atoms with Crippen LogP contribution in [0.1, 0.15) is 30.8 Å². The van der Waals surface area contributed by atoms with Gasteiger partial charge in [-0.3, -0.25) is 4.79 Å². The van der Waals surface area contributed by atoms with E-state index in [1.54, 1.807) is 18.3 Å². The molecule has 0 aliphatic carbocycles. The van der Waals surface area contributed by atoms with Crippen molar-refractivity contribution >= 4 is 5.78 Å². The van der Waals surface area contributed by atoms with Crippen LogP contribution in [-0.2, 0) is 0 Å². The molecule has 1 aromatic rings. The SMILES string of the molecule is CC1(C)CC(=O)c2ncccc2O1. The number of carbonyl (C=O) groups is 1. The number of carbonyl (C=O) groups excluding carboxylic acids is 1. The van der Waals surface area contributed by atoms with Crippen molar-refractivity contribution in [3.05, 3.63) is 24.0 Å². The van der Waals surface area contributed by atoms with Gasteiger partial charge in [0.2, 0.25) is 0 Å². The van der Waals surface area contributed by atoms with Gasteiger partial charge < -0.3 is 4.74 Å². The summed E-state index contributed by atoms with van der Waals surface area (Å²) in [5, 5.41) is 0. The molecular formula is C10H11NO2. The van der Waals surface area contributed by atoms with Gasteiger partial charge in [-0.05, 0) is 26.0 Å². The normalized spacial score (nSPS) is 19.1. The number of hydrogen-bond donors (Lipinski definition) is 0. The average Bonchev–Trinajstić information content (AvgIpc) is 2.02. The van der Waals surface area contributed by atoms with E-state index >= 15 is 0 Å². The van der Waals surface area contributed by atoms with E-state index in [4.69, 9.17) is 4.74 Å². The summed E-state index contributed by atoms with van der Waals surface area (Å²) in [6.07, 6.45) is 2.01. The minimum Gasteiger partial charge on any atom is -0.485 e. The lowest BCUT2D eigenvalue weighted by Crippen LogP contribution is -2.36. The summed E-state index contributed by atoms with van der Waals surface area (Å²) >= 11 is 0. The van der Waals surface area contributed by atoms with Gasteiger partial charge in [-0.2, -0.15) is 0 Å². The molecule has 0 saturated carbocycles. The maximum absolute atomic E-state index is 11.6. The quantitative estimate of drug-likeness (QED) is 0.606. The Labute approximate surface area is 76.7 Å². The monoisotopic (exact) mass is 177 g/mol. The highest BCUT2D eigenvalue weighted by atomic mass is 16.5. The van der Waals surface area contributed by atoms with Crippen molar-refractivity contribution in [1.82, 2.24) is 4.98 Å². The van der Waals surface area contributed by atoms with Crippen LogP contribution in [0, 0.1) is 0 Å². The van der Waals surface area contributed by atoms with E-state index in [-0.39, 0.29) is 5.78 Å². The molecule has 0 N–H and O–H groups in total. The van der Waals surface area contributed by atoms with Crippen molar-refractivity contribution in [1.29, 1.82) is 0 Å². The van der Waals surface area contributed by atoms with E-state index < -0.39 is 5.60 Å². The Morgan fingerprint density at radius 2 is 2.31 bits per heavy atom. The molecule has 0 aromatic carbocycles. The summed E-state index contributed by atoms with van der Waals surface area (Å²) in [6.45, 7) is 3.81. The number of pyridine rings is 1. The number of ether oxygens (including phenoxy) is 1. The molecule has 68 valence electrons. The van der Waals surface area contributed by atoms with Crippen molar-refractivity contribution in [2.75, 3.05) is 0 Å². The van der Waals surface area contributed by atoms with Crippen LogP contribution in [-0.4, -0.2) is 16.4 Å². The highest BCUT2D eigenvalue weighted by Gasteiger charge is 2.32. The Balaban J connectivity index is 2.49. The zero-order valence-electron chi connectivity index (χ0n) is 7.70. The molecular weight excluding hydrogens is 166 g/mol. The van der Waals surface area contributed by atoms with Crippen LogP contribution in [0.5, 0.6) is 5.75 Å². The molecule has 0 spiro atoms. The number of fused-ring (bicyclic) bond motifs is 1. The number of hydrogen-bond acceptors (Lipinski definition) is 3. The largest absolute Gasteiger partial charge is 0.485 e. The highest BCUT2D eigenvalue weighted by molar-refractivity contribution is 5.98. The first-order valence-electron chi connectivity index (χ1n) is 4.26. The van der Waals surface area contributed by atoms with Crippen molar-refractivity contribution < 1.29 is 9.53 Å². The summed E-state index contributed by atoms with van der Waals surface area (Å²) < 4.78 is 5.61. The predicted octanol–water partition coefficient (Wildman–Crippen LogP) is 1.83. The Kier molecular flexibility index (Phi) is 1.62. The van der Waals surface area contributed by atoms with E-state index in [0.29, 0.717) is 17.9 Å². The van der Waals surface area contributed by atoms with E-state index in [9.17, 15) is 4.79 Å². The van der Waals surface area contributed by atoms with Gasteiger partial charge in [0.15, 0.2) is 5.78 Å². The fourth-order valence-electron chi connectivity index (χ4n) is 1.49. The lowest BCUT2D eigenvalue weighted by molar-refractivity contribution is 0.0609. The molecule has 2 heterocycles. The van der Waals surface area contributed by atoms with Crippen LogP contribution in [0.3, 0.4) is 0 Å². The second-order valence-electron chi connectivity index (χ2n) is 3.81. The molecule has 0 unspecified atom stereocenters. The van der Waals surface area contributed by atoms with Gasteiger partial charge in [-0.15, -0.1) is 0 Å². The Hall–Kier alpha value is -1.38. The maximum Gasteiger partial charge on any atom is 0.188 e. The predicted molar refractivity (Wildman–Crippen MR) is 47.9 cm³/mol. The third-order valence-electron chi connectivity index (χ3n) is 2.01. The second kappa shape index (κ2) is 2.55. The minimum atomic E-state index is -0.396. The molecule has 0 radical (unpaired) electrons. The minimum absolute atomic E-state index is 0.0619. The number of rotatable bonds is 0. The van der Waals surface area contributed by atoms with Crippen molar-refractivity contribution in [3.8, 4) is 5.75 Å². The fraction of sp³-hybridized carbons (Fsp3) is 0.400. The fourth-order valence-corrected chi connectivity index (χ4v) is 1.49. The van der Waals surface area contributed by atoms with Gasteiger partial charge in [0.05, 0.1) is 6.42 Å². The van der Waals surface area contributed by atoms with Crippen molar-refractivity contribution in [2.45, 2.75) is 25.9 Å². The van der Waals surface area contributed by atoms with E-state index in [0.717, 1.165) is 0 Å². The molecule has 13 heavy (non-hydrogen) atoms. The molecule has 3 heteroatoms. The molecule has 1 aromatic heterocycles. The van der Waals surface area contributed by atoms with Crippen LogP contribution in [0.25, 0.3) is 0 Å². The topological polar surface area (TPSA) is 39.2 Å². The standard InChI is InChI=1S/C10H11NO2/c1-10(2)6-7(12)9-8(13-10)4-3-5-11-9/h3-5H,6H2,1-2H3. The smallest absolute Gasteiger partial charge is 0.188 e. The first-order chi connectivity index (χ1) is 6.08. The molecule has 1 aliphatic heterocycles. The summed E-state index contributed by atoms with van der Waals surface area (Å²) in [5.41, 5.74) is 0.0643. The Bertz CT molecular complexity index is 358. The molecule has 0 amide bonds. The van der Waals surface area contributed by atoms with E-state index in [1.807, 2.05) is 13.8 Å². The second-order valence-corrected chi connectivity index (χ2v) is 3.81. The molecule has 2 rings (SSSR count). The first-order valence-corrected chi connectivity index (χ1v) is 4.26. The molecule has 0 atom stereocenters. The maximum atomic E-state index is 11.6. The van der Waals surface area contributed by atoms with Crippen LogP contribution in [0.4, 0.5) is 0 Å². The van der Waals surface area contributed by atoms with E-state index in [2.05, 4.69) is 4.98 Å². The highest BCUT2D eigenvalue weighted by Crippen LogP contribution is 2.30. The van der Waals surface area contributed by atoms with E-state index in [1.165, 1.54) is 0 Å². The van der Waals surface area contributed by atoms with Gasteiger partial charge in [-0.1, -0.05) is 0 Å². The summed E-state index contributed by atoms with van der Waals surface area (Å²) in [4.78, 5) is 15.5. The zero-order valence-corrected chi connectivity index (χ0v) is 7.70. The molecule has 0 saturated heterocycles. The summed E-state index contributed by atoms with van der Waals surface area (Å²) in [5.74, 6) is 0.663. The number of ketones is 1. The number of nitrogens with zero attached hydrogens (tertiary/aromatic N) is 1. The van der Waals surface area contributed by atoms with Gasteiger partial charge >= 0.3 is 0 Å². The van der Waals surface area contributed by atoms with Crippen molar-refractivity contribution in [3.63, 3.8) is 0 Å². The lowest BCUT2D eigenvalue weighted by atomic mass is 9.96. The molecule has 1 aliphatic rings. The average molecular weight is 177 g/mol. The van der Waals surface area contributed by atoms with Crippen LogP contribution < -0.4 is 4.74 Å². The molecule has 0 fully saturated rings. The number of Topliss-reactive ketones (excluding diaryl/α,β-unsaturated/α-hetero) is 1. The molecule has 0 bridgehead atoms. The zero-order chi connectivity index (χ0) is 9.47. The first kappa shape index (κ1) is 8.23. The summed E-state index contributed by atoms with van der Waals surface area (Å²) in [7, 11) is 0. The number of aromatic nitrogens is 1. The van der Waals surface area contributed by atoms with Gasteiger partial charge in [0.25, 0.3) is 0 Å². The summed E-state index contributed by atoms with van der Waals surface area (Å²) in [6, 6.07) is 3.55. The third-order valence-corrected chi connectivity index (χ3v) is 2.01.